The Morgan fingerprint density at radius 1 is 1.50 bits per heavy atom. The van der Waals surface area contributed by atoms with E-state index in [1.54, 1.807) is 0 Å². The minimum atomic E-state index is -0.217. The van der Waals surface area contributed by atoms with Gasteiger partial charge < -0.3 is 16.0 Å². The van der Waals surface area contributed by atoms with Gasteiger partial charge in [0.1, 0.15) is 5.84 Å². The van der Waals surface area contributed by atoms with Gasteiger partial charge in [-0.25, -0.2) is 0 Å². The Hall–Kier alpha value is -0.810. The van der Waals surface area contributed by atoms with Crippen LogP contribution in [-0.2, 0) is 0 Å². The van der Waals surface area contributed by atoms with Crippen LogP contribution < -0.4 is 5.73 Å². The number of likely N-dealkylation sites (N-methyl/N-ethyl adjacent to an activating group) is 1. The fraction of sp³-hybridized carbons (Fsp3) is 0.889. The van der Waals surface area contributed by atoms with Crippen LogP contribution in [0.15, 0.2) is 5.16 Å². The molecular weight excluding hydrogens is 182 g/mol. The number of oxime groups is 1. The Kier molecular flexibility index (Phi) is 5.49. The molecule has 14 heavy (non-hydrogen) atoms. The first-order valence-corrected chi connectivity index (χ1v) is 4.72. The number of rotatable bonds is 6. The van der Waals surface area contributed by atoms with E-state index < -0.39 is 0 Å². The second kappa shape index (κ2) is 5.82. The molecule has 0 radical (unpaired) electrons. The van der Waals surface area contributed by atoms with Gasteiger partial charge in [0.25, 0.3) is 0 Å². The molecule has 0 aromatic heterocycles. The van der Waals surface area contributed by atoms with E-state index in [1.165, 1.54) is 0 Å². The van der Waals surface area contributed by atoms with Crippen molar-refractivity contribution in [1.82, 2.24) is 4.90 Å². The van der Waals surface area contributed by atoms with Crippen molar-refractivity contribution in [3.05, 3.63) is 0 Å². The zero-order valence-corrected chi connectivity index (χ0v) is 9.19. The Morgan fingerprint density at radius 3 is 2.50 bits per heavy atom. The van der Waals surface area contributed by atoms with Gasteiger partial charge in [0.05, 0.1) is 6.61 Å². The molecule has 0 atom stereocenters. The van der Waals surface area contributed by atoms with Crippen molar-refractivity contribution < 1.29 is 10.3 Å². The standard InChI is InChI=1S/C9H21N3O2/c1-9(2,7-13)12(3)6-4-5-8(10)11-14/h13-14H,4-7H2,1-3H3,(H2,10,11). The van der Waals surface area contributed by atoms with Gasteiger partial charge in [-0.05, 0) is 33.9 Å². The molecule has 0 aliphatic carbocycles. The SMILES string of the molecule is CN(CCCC(N)=NO)C(C)(C)CO. The summed E-state index contributed by atoms with van der Waals surface area (Å²) in [7, 11) is 1.95. The summed E-state index contributed by atoms with van der Waals surface area (Å²) in [6.07, 6.45) is 1.39. The third-order valence-corrected chi connectivity index (χ3v) is 2.48. The fourth-order valence-electron chi connectivity index (χ4n) is 0.971. The maximum Gasteiger partial charge on any atom is 0.139 e. The molecule has 0 aromatic carbocycles. The zero-order valence-electron chi connectivity index (χ0n) is 9.19. The van der Waals surface area contributed by atoms with Gasteiger partial charge in [0.15, 0.2) is 0 Å². The van der Waals surface area contributed by atoms with E-state index in [9.17, 15) is 0 Å². The lowest BCUT2D eigenvalue weighted by Crippen LogP contribution is -2.44. The van der Waals surface area contributed by atoms with E-state index in [4.69, 9.17) is 16.0 Å². The molecule has 5 heteroatoms. The summed E-state index contributed by atoms with van der Waals surface area (Å²) in [5.74, 6) is 0.250. The van der Waals surface area contributed by atoms with Gasteiger partial charge in [-0.2, -0.15) is 0 Å². The summed E-state index contributed by atoms with van der Waals surface area (Å²) >= 11 is 0. The molecule has 84 valence electrons. The van der Waals surface area contributed by atoms with Crippen molar-refractivity contribution in [2.24, 2.45) is 10.9 Å². The maximum atomic E-state index is 9.09. The lowest BCUT2D eigenvalue weighted by Gasteiger charge is -2.33. The number of aliphatic hydroxyl groups excluding tert-OH is 1. The van der Waals surface area contributed by atoms with Crippen LogP contribution in [0.25, 0.3) is 0 Å². The molecular formula is C9H21N3O2. The Morgan fingerprint density at radius 2 is 2.07 bits per heavy atom. The molecule has 0 aromatic rings. The van der Waals surface area contributed by atoms with E-state index >= 15 is 0 Å². The van der Waals surface area contributed by atoms with Crippen LogP contribution in [0.1, 0.15) is 26.7 Å². The van der Waals surface area contributed by atoms with Crippen LogP contribution in [0.4, 0.5) is 0 Å². The Labute approximate surface area is 85.2 Å². The van der Waals surface area contributed by atoms with Crippen molar-refractivity contribution in [2.45, 2.75) is 32.2 Å². The minimum Gasteiger partial charge on any atom is -0.409 e. The number of nitrogens with two attached hydrogens (primary N) is 1. The normalized spacial score (nSPS) is 13.6. The monoisotopic (exact) mass is 203 g/mol. The van der Waals surface area contributed by atoms with Gasteiger partial charge in [0.2, 0.25) is 0 Å². The number of amidine groups is 1. The summed E-state index contributed by atoms with van der Waals surface area (Å²) in [5, 5.41) is 20.3. The van der Waals surface area contributed by atoms with Crippen molar-refractivity contribution in [3.8, 4) is 0 Å². The van der Waals surface area contributed by atoms with E-state index in [-0.39, 0.29) is 18.0 Å². The van der Waals surface area contributed by atoms with Crippen LogP contribution in [0.2, 0.25) is 0 Å². The molecule has 0 heterocycles. The molecule has 0 unspecified atom stereocenters. The molecule has 5 nitrogen and oxygen atoms in total. The van der Waals surface area contributed by atoms with E-state index in [0.29, 0.717) is 6.42 Å². The highest BCUT2D eigenvalue weighted by Gasteiger charge is 2.21. The van der Waals surface area contributed by atoms with Gasteiger partial charge in [0, 0.05) is 12.0 Å². The highest BCUT2D eigenvalue weighted by Crippen LogP contribution is 2.11. The number of hydrogen-bond acceptors (Lipinski definition) is 4. The largest absolute Gasteiger partial charge is 0.409 e. The fourth-order valence-corrected chi connectivity index (χ4v) is 0.971. The Bertz CT molecular complexity index is 192. The van der Waals surface area contributed by atoms with Crippen LogP contribution in [-0.4, -0.2) is 46.8 Å². The van der Waals surface area contributed by atoms with Gasteiger partial charge in [-0.1, -0.05) is 5.16 Å². The molecule has 0 bridgehead atoms. The summed E-state index contributed by atoms with van der Waals surface area (Å²) in [6.45, 7) is 4.86. The van der Waals surface area contributed by atoms with Crippen molar-refractivity contribution in [1.29, 1.82) is 0 Å². The highest BCUT2D eigenvalue weighted by atomic mass is 16.4. The van der Waals surface area contributed by atoms with Gasteiger partial charge >= 0.3 is 0 Å². The summed E-state index contributed by atoms with van der Waals surface area (Å²) in [4.78, 5) is 2.05. The molecule has 0 fully saturated rings. The van der Waals surface area contributed by atoms with Crippen LogP contribution in [0, 0.1) is 0 Å². The molecule has 0 rings (SSSR count). The smallest absolute Gasteiger partial charge is 0.139 e. The first-order valence-electron chi connectivity index (χ1n) is 4.72. The van der Waals surface area contributed by atoms with E-state index in [2.05, 4.69) is 10.1 Å². The minimum absolute atomic E-state index is 0.118. The van der Waals surface area contributed by atoms with Crippen molar-refractivity contribution in [3.63, 3.8) is 0 Å². The molecule has 0 saturated carbocycles. The first-order chi connectivity index (χ1) is 6.44. The lowest BCUT2D eigenvalue weighted by molar-refractivity contribution is 0.0786. The molecule has 0 amide bonds. The third-order valence-electron chi connectivity index (χ3n) is 2.48. The number of nitrogens with zero attached hydrogens (tertiary/aromatic N) is 2. The second-order valence-corrected chi connectivity index (χ2v) is 4.09. The Balaban J connectivity index is 3.80. The van der Waals surface area contributed by atoms with Crippen molar-refractivity contribution >= 4 is 5.84 Å². The summed E-state index contributed by atoms with van der Waals surface area (Å²) < 4.78 is 0. The second-order valence-electron chi connectivity index (χ2n) is 4.09. The molecule has 4 N–H and O–H groups in total. The van der Waals surface area contributed by atoms with Gasteiger partial charge in [-0.3, -0.25) is 4.90 Å². The van der Waals surface area contributed by atoms with Gasteiger partial charge in [-0.15, -0.1) is 0 Å². The molecule has 0 spiro atoms. The first kappa shape index (κ1) is 13.2. The molecule has 0 aliphatic heterocycles. The topological polar surface area (TPSA) is 82.1 Å². The molecule has 0 aliphatic rings. The zero-order chi connectivity index (χ0) is 11.2. The third kappa shape index (κ3) is 4.43. The summed E-state index contributed by atoms with van der Waals surface area (Å²) in [6, 6.07) is 0. The van der Waals surface area contributed by atoms with Crippen molar-refractivity contribution in [2.75, 3.05) is 20.2 Å². The highest BCUT2D eigenvalue weighted by molar-refractivity contribution is 5.79. The maximum absolute atomic E-state index is 9.09. The van der Waals surface area contributed by atoms with E-state index in [1.807, 2.05) is 20.9 Å². The van der Waals surface area contributed by atoms with E-state index in [0.717, 1.165) is 13.0 Å². The summed E-state index contributed by atoms with van der Waals surface area (Å²) in [5.41, 5.74) is 5.12. The average Bonchev–Trinajstić information content (AvgIpc) is 2.17. The molecule has 0 saturated heterocycles. The quantitative estimate of drug-likeness (QED) is 0.249. The van der Waals surface area contributed by atoms with Crippen LogP contribution in [0.3, 0.4) is 0 Å². The number of aliphatic hydroxyl groups is 1. The predicted octanol–water partition coefficient (Wildman–Crippen LogP) is 0.216. The van der Waals surface area contributed by atoms with Crippen LogP contribution >= 0.6 is 0 Å². The number of hydrogen-bond donors (Lipinski definition) is 3. The average molecular weight is 203 g/mol. The lowest BCUT2D eigenvalue weighted by atomic mass is 10.0. The van der Waals surface area contributed by atoms with Crippen LogP contribution in [0.5, 0.6) is 0 Å². The predicted molar refractivity (Wildman–Crippen MR) is 56.4 cm³/mol.